The largest absolute Gasteiger partial charge is 0.497 e. The van der Waals surface area contributed by atoms with Gasteiger partial charge in [-0.05, 0) is 30.3 Å². The van der Waals surface area contributed by atoms with Crippen molar-refractivity contribution in [3.63, 3.8) is 0 Å². The number of halogens is 1. The summed E-state index contributed by atoms with van der Waals surface area (Å²) < 4.78 is 10.4. The molecule has 7 heteroatoms. The number of benzene rings is 2. The van der Waals surface area contributed by atoms with E-state index in [-0.39, 0.29) is 11.3 Å². The van der Waals surface area contributed by atoms with E-state index < -0.39 is 5.92 Å². The Labute approximate surface area is 165 Å². The lowest BCUT2D eigenvalue weighted by Crippen LogP contribution is -2.12. The summed E-state index contributed by atoms with van der Waals surface area (Å²) in [7, 11) is 2.99. The molecule has 3 rings (SSSR count). The molecule has 1 heterocycles. The van der Waals surface area contributed by atoms with Crippen LogP contribution in [0, 0.1) is 11.3 Å². The molecular weight excluding hydrogens is 384 g/mol. The van der Waals surface area contributed by atoms with Gasteiger partial charge in [0.2, 0.25) is 0 Å². The van der Waals surface area contributed by atoms with Crippen LogP contribution in [-0.4, -0.2) is 25.0 Å². The van der Waals surface area contributed by atoms with Gasteiger partial charge >= 0.3 is 0 Å². The molecule has 5 nitrogen and oxygen atoms in total. The van der Waals surface area contributed by atoms with Gasteiger partial charge in [-0.2, -0.15) is 5.26 Å². The molecular formula is C20H15ClN2O3S. The molecule has 136 valence electrons. The van der Waals surface area contributed by atoms with Crippen LogP contribution >= 0.6 is 22.9 Å². The maximum Gasteiger partial charge on any atom is 0.190 e. The number of hydrogen-bond donors (Lipinski definition) is 0. The van der Waals surface area contributed by atoms with E-state index in [1.54, 1.807) is 30.3 Å². The number of carbonyl (C=O) groups is 1. The second kappa shape index (κ2) is 8.21. The molecule has 0 bridgehead atoms. The molecule has 2 aromatic carbocycles. The molecule has 0 fully saturated rings. The molecule has 0 N–H and O–H groups in total. The Morgan fingerprint density at radius 1 is 1.19 bits per heavy atom. The Bertz CT molecular complexity index is 1010. The SMILES string of the molecule is COc1ccc(OC)c(C(=O)C(C#N)c2nc(-c3ccc(Cl)cc3)cs2)c1. The number of nitrogens with zero attached hydrogens (tertiary/aromatic N) is 2. The normalized spacial score (nSPS) is 11.5. The highest BCUT2D eigenvalue weighted by Crippen LogP contribution is 2.32. The van der Waals surface area contributed by atoms with Gasteiger partial charge in [-0.3, -0.25) is 4.79 Å². The zero-order chi connectivity index (χ0) is 19.4. The van der Waals surface area contributed by atoms with Crippen LogP contribution < -0.4 is 9.47 Å². The minimum Gasteiger partial charge on any atom is -0.497 e. The van der Waals surface area contributed by atoms with Crippen LogP contribution in [0.2, 0.25) is 5.02 Å². The lowest BCUT2D eigenvalue weighted by atomic mass is 9.98. The quantitative estimate of drug-likeness (QED) is 0.548. The number of rotatable bonds is 6. The lowest BCUT2D eigenvalue weighted by Gasteiger charge is -2.11. The number of aromatic nitrogens is 1. The van der Waals surface area contributed by atoms with Crippen molar-refractivity contribution in [2.75, 3.05) is 14.2 Å². The first kappa shape index (κ1) is 18.9. The highest BCUT2D eigenvalue weighted by molar-refractivity contribution is 7.10. The van der Waals surface area contributed by atoms with Gasteiger partial charge < -0.3 is 9.47 Å². The van der Waals surface area contributed by atoms with Gasteiger partial charge in [0.05, 0.1) is 31.5 Å². The zero-order valence-electron chi connectivity index (χ0n) is 14.6. The van der Waals surface area contributed by atoms with E-state index in [2.05, 4.69) is 11.1 Å². The summed E-state index contributed by atoms with van der Waals surface area (Å²) in [4.78, 5) is 17.5. The maximum absolute atomic E-state index is 13.0. The van der Waals surface area contributed by atoms with Crippen LogP contribution in [0.25, 0.3) is 11.3 Å². The Hall–Kier alpha value is -2.88. The summed E-state index contributed by atoms with van der Waals surface area (Å²) in [5, 5.41) is 12.5. The molecule has 0 aliphatic carbocycles. The first-order chi connectivity index (χ1) is 13.1. The number of ether oxygens (including phenoxy) is 2. The Morgan fingerprint density at radius 2 is 1.93 bits per heavy atom. The van der Waals surface area contributed by atoms with Crippen molar-refractivity contribution in [2.45, 2.75) is 5.92 Å². The standard InChI is InChI=1S/C20H15ClN2O3S/c1-25-14-7-8-18(26-2)15(9-14)19(24)16(10-22)20-23-17(11-27-20)12-3-5-13(21)6-4-12/h3-9,11,16H,1-2H3. The fourth-order valence-corrected chi connectivity index (χ4v) is 3.56. The first-order valence-corrected chi connectivity index (χ1v) is 9.20. The molecule has 0 saturated heterocycles. The number of carbonyl (C=O) groups excluding carboxylic acids is 1. The third-order valence-corrected chi connectivity index (χ3v) is 5.13. The van der Waals surface area contributed by atoms with Gasteiger partial charge in [-0.25, -0.2) is 4.98 Å². The van der Waals surface area contributed by atoms with Crippen LogP contribution in [0.4, 0.5) is 0 Å². The zero-order valence-corrected chi connectivity index (χ0v) is 16.2. The molecule has 0 aliphatic rings. The van der Waals surface area contributed by atoms with Crippen molar-refractivity contribution in [1.82, 2.24) is 4.98 Å². The highest BCUT2D eigenvalue weighted by atomic mass is 35.5. The lowest BCUT2D eigenvalue weighted by molar-refractivity contribution is 0.0975. The summed E-state index contributed by atoms with van der Waals surface area (Å²) in [6.07, 6.45) is 0. The first-order valence-electron chi connectivity index (χ1n) is 7.94. The van der Waals surface area contributed by atoms with Crippen LogP contribution in [0.15, 0.2) is 47.8 Å². The average Bonchev–Trinajstić information content (AvgIpc) is 3.18. The summed E-state index contributed by atoms with van der Waals surface area (Å²) in [5.74, 6) is -0.519. The molecule has 3 aromatic rings. The van der Waals surface area contributed by atoms with E-state index in [9.17, 15) is 10.1 Å². The van der Waals surface area contributed by atoms with Crippen molar-refractivity contribution in [2.24, 2.45) is 0 Å². The molecule has 1 unspecified atom stereocenters. The molecule has 0 radical (unpaired) electrons. The van der Waals surface area contributed by atoms with Gasteiger partial charge in [0.25, 0.3) is 0 Å². The van der Waals surface area contributed by atoms with E-state index >= 15 is 0 Å². The van der Waals surface area contributed by atoms with E-state index in [0.717, 1.165) is 5.56 Å². The smallest absolute Gasteiger partial charge is 0.190 e. The Morgan fingerprint density at radius 3 is 2.56 bits per heavy atom. The predicted octanol–water partition coefficient (Wildman–Crippen LogP) is 4.97. The van der Waals surface area contributed by atoms with Crippen molar-refractivity contribution >= 4 is 28.7 Å². The molecule has 0 saturated carbocycles. The van der Waals surface area contributed by atoms with E-state index in [1.807, 2.05) is 17.5 Å². The highest BCUT2D eigenvalue weighted by Gasteiger charge is 2.28. The van der Waals surface area contributed by atoms with Gasteiger partial charge in [-0.1, -0.05) is 23.7 Å². The number of thiazole rings is 1. The second-order valence-electron chi connectivity index (χ2n) is 5.57. The van der Waals surface area contributed by atoms with Crippen molar-refractivity contribution in [3.05, 3.63) is 63.4 Å². The molecule has 1 atom stereocenters. The fourth-order valence-electron chi connectivity index (χ4n) is 2.56. The number of hydrogen-bond acceptors (Lipinski definition) is 6. The summed E-state index contributed by atoms with van der Waals surface area (Å²) in [6.45, 7) is 0. The third kappa shape index (κ3) is 3.95. The van der Waals surface area contributed by atoms with E-state index in [4.69, 9.17) is 21.1 Å². The molecule has 27 heavy (non-hydrogen) atoms. The minimum atomic E-state index is -1.03. The van der Waals surface area contributed by atoms with Crippen LogP contribution in [0.5, 0.6) is 11.5 Å². The van der Waals surface area contributed by atoms with Crippen LogP contribution in [-0.2, 0) is 0 Å². The summed E-state index contributed by atoms with van der Waals surface area (Å²) in [6, 6.07) is 14.2. The molecule has 1 aromatic heterocycles. The van der Waals surface area contributed by atoms with Gasteiger partial charge in [0, 0.05) is 16.0 Å². The summed E-state index contributed by atoms with van der Waals surface area (Å²) in [5.41, 5.74) is 1.84. The second-order valence-corrected chi connectivity index (χ2v) is 6.90. The number of methoxy groups -OCH3 is 2. The van der Waals surface area contributed by atoms with Crippen LogP contribution in [0.3, 0.4) is 0 Å². The fraction of sp³-hybridized carbons (Fsp3) is 0.150. The van der Waals surface area contributed by atoms with E-state index in [0.29, 0.717) is 27.2 Å². The monoisotopic (exact) mass is 398 g/mol. The van der Waals surface area contributed by atoms with Gasteiger partial charge in [0.1, 0.15) is 16.5 Å². The third-order valence-electron chi connectivity index (χ3n) is 3.97. The number of Topliss-reactive ketones (excluding diaryl/α,β-unsaturated/α-hetero) is 1. The number of ketones is 1. The van der Waals surface area contributed by atoms with Gasteiger partial charge in [-0.15, -0.1) is 11.3 Å². The van der Waals surface area contributed by atoms with Gasteiger partial charge in [0.15, 0.2) is 11.7 Å². The molecule has 0 spiro atoms. The molecule has 0 amide bonds. The minimum absolute atomic E-state index is 0.284. The van der Waals surface area contributed by atoms with E-state index in [1.165, 1.54) is 25.6 Å². The molecule has 0 aliphatic heterocycles. The predicted molar refractivity (Wildman–Crippen MR) is 105 cm³/mol. The Balaban J connectivity index is 1.95. The topological polar surface area (TPSA) is 72.2 Å². The Kier molecular flexibility index (Phi) is 5.75. The van der Waals surface area contributed by atoms with Crippen molar-refractivity contribution < 1.29 is 14.3 Å². The van der Waals surface area contributed by atoms with Crippen molar-refractivity contribution in [3.8, 4) is 28.8 Å². The van der Waals surface area contributed by atoms with Crippen LogP contribution in [0.1, 0.15) is 21.3 Å². The number of nitriles is 1. The average molecular weight is 399 g/mol. The maximum atomic E-state index is 13.0. The summed E-state index contributed by atoms with van der Waals surface area (Å²) >= 11 is 7.18. The van der Waals surface area contributed by atoms with Crippen molar-refractivity contribution in [1.29, 1.82) is 5.26 Å².